The molecule has 1 aromatic carbocycles. The summed E-state index contributed by atoms with van der Waals surface area (Å²) in [6.07, 6.45) is -3.61. The average Bonchev–Trinajstić information content (AvgIpc) is 3.09. The van der Waals surface area contributed by atoms with Gasteiger partial charge in [-0.15, -0.1) is 0 Å². The van der Waals surface area contributed by atoms with Crippen LogP contribution in [0, 0.1) is 17.2 Å². The van der Waals surface area contributed by atoms with Crippen molar-refractivity contribution in [1.29, 1.82) is 5.26 Å². The first kappa shape index (κ1) is 21.6. The third kappa shape index (κ3) is 4.55. The topological polar surface area (TPSA) is 112 Å². The van der Waals surface area contributed by atoms with Crippen molar-refractivity contribution in [3.63, 3.8) is 0 Å². The van der Waals surface area contributed by atoms with Gasteiger partial charge in [0.1, 0.15) is 11.4 Å². The van der Waals surface area contributed by atoms with Crippen LogP contribution in [0.25, 0.3) is 0 Å². The molecule has 0 saturated carbocycles. The number of fused-ring (bicyclic) bond motifs is 1. The van der Waals surface area contributed by atoms with Crippen molar-refractivity contribution in [2.45, 2.75) is 25.2 Å². The number of ether oxygens (including phenoxy) is 1. The van der Waals surface area contributed by atoms with Gasteiger partial charge in [0.25, 0.3) is 0 Å². The Morgan fingerprint density at radius 2 is 2.16 bits per heavy atom. The van der Waals surface area contributed by atoms with E-state index in [-0.39, 0.29) is 24.2 Å². The van der Waals surface area contributed by atoms with Crippen molar-refractivity contribution in [2.75, 3.05) is 23.8 Å². The zero-order valence-corrected chi connectivity index (χ0v) is 16.7. The minimum absolute atomic E-state index is 0.0883. The maximum atomic E-state index is 13.5. The molecule has 2 atom stereocenters. The summed E-state index contributed by atoms with van der Waals surface area (Å²) in [6, 6.07) is 4.59. The van der Waals surface area contributed by atoms with Crippen LogP contribution in [0.5, 0.6) is 0 Å². The molecule has 31 heavy (non-hydrogen) atoms. The van der Waals surface area contributed by atoms with Gasteiger partial charge in [0, 0.05) is 29.0 Å². The maximum Gasteiger partial charge on any atom is 0.493 e. The number of hydrogen-bond donors (Lipinski definition) is 3. The fourth-order valence-electron chi connectivity index (χ4n) is 3.49. The van der Waals surface area contributed by atoms with Crippen LogP contribution in [-0.4, -0.2) is 41.4 Å². The summed E-state index contributed by atoms with van der Waals surface area (Å²) in [6.45, 7) is 0.602. The highest BCUT2D eigenvalue weighted by Gasteiger charge is 2.37. The van der Waals surface area contributed by atoms with Crippen LogP contribution in [0.2, 0.25) is 5.02 Å². The van der Waals surface area contributed by atoms with Gasteiger partial charge < -0.3 is 25.0 Å². The fraction of sp³-hybridized carbons (Fsp3) is 0.389. The predicted octanol–water partition coefficient (Wildman–Crippen LogP) is 2.45. The zero-order chi connectivity index (χ0) is 22.2. The van der Waals surface area contributed by atoms with Gasteiger partial charge in [0.05, 0.1) is 31.2 Å². The number of rotatable bonds is 4. The summed E-state index contributed by atoms with van der Waals surface area (Å²) in [5.74, 6) is -1.06. The van der Waals surface area contributed by atoms with Crippen molar-refractivity contribution >= 4 is 41.6 Å². The molecule has 0 radical (unpaired) electrons. The lowest BCUT2D eigenvalue weighted by molar-refractivity contribution is -0.137. The number of aromatic nitrogens is 2. The second kappa shape index (κ2) is 8.51. The monoisotopic (exact) mass is 453 g/mol. The molecule has 8 nitrogen and oxygen atoms in total. The van der Waals surface area contributed by atoms with Crippen LogP contribution in [0.4, 0.5) is 30.6 Å². The van der Waals surface area contributed by atoms with E-state index in [4.69, 9.17) is 21.0 Å². The van der Waals surface area contributed by atoms with Gasteiger partial charge in [-0.3, -0.25) is 0 Å². The van der Waals surface area contributed by atoms with E-state index in [1.54, 1.807) is 6.07 Å². The molecule has 2 aliphatic heterocycles. The molecule has 3 heterocycles. The SMILES string of the molecule is N#CC1CCOCC1Nc1nc(Nc2cc(Cl)c3c(c2)COB3O)ncc1C(F)(F)F. The molecule has 0 spiro atoms. The first-order valence-corrected chi connectivity index (χ1v) is 9.71. The number of nitrogens with zero attached hydrogens (tertiary/aromatic N) is 3. The second-order valence-corrected chi connectivity index (χ2v) is 7.53. The molecular weight excluding hydrogens is 437 g/mol. The van der Waals surface area contributed by atoms with Crippen molar-refractivity contribution in [3.05, 3.63) is 34.5 Å². The number of nitriles is 1. The molecule has 3 N–H and O–H groups in total. The number of nitrogens with one attached hydrogen (secondary N) is 2. The summed E-state index contributed by atoms with van der Waals surface area (Å²) in [7, 11) is -1.12. The molecule has 1 saturated heterocycles. The highest BCUT2D eigenvalue weighted by Crippen LogP contribution is 2.35. The summed E-state index contributed by atoms with van der Waals surface area (Å²) in [5, 5.41) is 24.8. The van der Waals surface area contributed by atoms with Gasteiger partial charge in [0.2, 0.25) is 5.95 Å². The standard InChI is InChI=1S/C18H16BClF3N5O3/c20-13-4-11(3-10-7-31-19(29)15(10)13)26-17-25-6-12(18(21,22)23)16(28-17)27-14-8-30-2-1-9(14)5-24/h3-4,6,9,14,29H,1-2,7-8H2,(H2,25,26,27,28). The molecule has 1 aromatic heterocycles. The number of benzene rings is 1. The number of halogens is 4. The van der Waals surface area contributed by atoms with E-state index in [0.29, 0.717) is 35.9 Å². The van der Waals surface area contributed by atoms with E-state index in [1.165, 1.54) is 6.07 Å². The molecule has 2 unspecified atom stereocenters. The van der Waals surface area contributed by atoms with Crippen molar-refractivity contribution in [3.8, 4) is 6.07 Å². The number of alkyl halides is 3. The van der Waals surface area contributed by atoms with Crippen LogP contribution in [0.15, 0.2) is 18.3 Å². The van der Waals surface area contributed by atoms with E-state index < -0.39 is 36.6 Å². The van der Waals surface area contributed by atoms with E-state index in [0.717, 1.165) is 0 Å². The third-order valence-electron chi connectivity index (χ3n) is 5.05. The minimum Gasteiger partial charge on any atom is -0.423 e. The Labute approximate surface area is 180 Å². The van der Waals surface area contributed by atoms with E-state index in [2.05, 4.69) is 26.7 Å². The Morgan fingerprint density at radius 1 is 1.35 bits per heavy atom. The van der Waals surface area contributed by atoms with Gasteiger partial charge in [-0.05, 0) is 24.1 Å². The first-order chi connectivity index (χ1) is 14.8. The summed E-state index contributed by atoms with van der Waals surface area (Å²) >= 11 is 6.19. The number of anilines is 3. The van der Waals surface area contributed by atoms with E-state index in [1.807, 2.05) is 0 Å². The zero-order valence-electron chi connectivity index (χ0n) is 15.9. The summed E-state index contributed by atoms with van der Waals surface area (Å²) in [4.78, 5) is 7.76. The predicted molar refractivity (Wildman–Crippen MR) is 106 cm³/mol. The van der Waals surface area contributed by atoms with Crippen LogP contribution in [-0.2, 0) is 22.2 Å². The number of hydrogen-bond acceptors (Lipinski definition) is 8. The lowest BCUT2D eigenvalue weighted by Crippen LogP contribution is -2.38. The molecular formula is C18H16BClF3N5O3. The Balaban J connectivity index is 1.63. The van der Waals surface area contributed by atoms with Crippen molar-refractivity contribution in [2.24, 2.45) is 5.92 Å². The molecule has 13 heteroatoms. The highest BCUT2D eigenvalue weighted by atomic mass is 35.5. The lowest BCUT2D eigenvalue weighted by Gasteiger charge is -2.29. The Morgan fingerprint density at radius 3 is 2.90 bits per heavy atom. The Bertz CT molecular complexity index is 1040. The smallest absolute Gasteiger partial charge is 0.423 e. The highest BCUT2D eigenvalue weighted by molar-refractivity contribution is 6.65. The quantitative estimate of drug-likeness (QED) is 0.605. The molecule has 2 aromatic rings. The van der Waals surface area contributed by atoms with Gasteiger partial charge in [-0.1, -0.05) is 11.6 Å². The Kier molecular flexibility index (Phi) is 5.94. The molecule has 2 aliphatic rings. The first-order valence-electron chi connectivity index (χ1n) is 9.33. The van der Waals surface area contributed by atoms with Crippen molar-refractivity contribution in [1.82, 2.24) is 9.97 Å². The maximum absolute atomic E-state index is 13.5. The van der Waals surface area contributed by atoms with Crippen LogP contribution >= 0.6 is 11.6 Å². The molecule has 162 valence electrons. The van der Waals surface area contributed by atoms with Crippen molar-refractivity contribution < 1.29 is 27.6 Å². The molecule has 0 bridgehead atoms. The van der Waals surface area contributed by atoms with Crippen LogP contribution in [0.1, 0.15) is 17.5 Å². The third-order valence-corrected chi connectivity index (χ3v) is 5.37. The summed E-state index contributed by atoms with van der Waals surface area (Å²) < 4.78 is 50.9. The normalized spacial score (nSPS) is 20.8. The van der Waals surface area contributed by atoms with E-state index >= 15 is 0 Å². The summed E-state index contributed by atoms with van der Waals surface area (Å²) in [5.41, 5.74) is 0.457. The van der Waals surface area contributed by atoms with Gasteiger partial charge in [0.15, 0.2) is 0 Å². The molecule has 1 fully saturated rings. The second-order valence-electron chi connectivity index (χ2n) is 7.12. The molecule has 4 rings (SSSR count). The average molecular weight is 454 g/mol. The molecule has 0 amide bonds. The Hall–Kier alpha value is -2.59. The molecule has 0 aliphatic carbocycles. The van der Waals surface area contributed by atoms with Gasteiger partial charge >= 0.3 is 13.3 Å². The van der Waals surface area contributed by atoms with Gasteiger partial charge in [-0.2, -0.15) is 23.4 Å². The van der Waals surface area contributed by atoms with E-state index in [9.17, 15) is 23.5 Å². The minimum atomic E-state index is -4.69. The fourth-order valence-corrected chi connectivity index (χ4v) is 3.83. The largest absolute Gasteiger partial charge is 0.493 e. The lowest BCUT2D eigenvalue weighted by atomic mass is 9.79. The van der Waals surface area contributed by atoms with Crippen LogP contribution in [0.3, 0.4) is 0 Å². The van der Waals surface area contributed by atoms with Gasteiger partial charge in [-0.25, -0.2) is 4.98 Å². The van der Waals surface area contributed by atoms with Crippen LogP contribution < -0.4 is 16.1 Å².